The van der Waals surface area contributed by atoms with Gasteiger partial charge in [-0.05, 0) is 37.5 Å². The van der Waals surface area contributed by atoms with Gasteiger partial charge in [0.1, 0.15) is 0 Å². The Morgan fingerprint density at radius 1 is 1.38 bits per heavy atom. The third kappa shape index (κ3) is 2.42. The molecule has 1 saturated carbocycles. The summed E-state index contributed by atoms with van der Waals surface area (Å²) in [6.45, 7) is 0. The lowest BCUT2D eigenvalue weighted by atomic mass is 9.77. The van der Waals surface area contributed by atoms with Crippen molar-refractivity contribution in [3.63, 3.8) is 0 Å². The summed E-state index contributed by atoms with van der Waals surface area (Å²) in [6.07, 6.45) is 2.85. The molecule has 6 heteroatoms. The molecule has 1 fully saturated rings. The first kappa shape index (κ1) is 13.8. The number of carbonyl (C=O) groups excluding carboxylic acids is 1. The van der Waals surface area contributed by atoms with Gasteiger partial charge in [-0.15, -0.1) is 0 Å². The number of nitrogens with zero attached hydrogens (tertiary/aromatic N) is 3. The number of benzene rings is 1. The van der Waals surface area contributed by atoms with E-state index in [4.69, 9.17) is 10.3 Å². The van der Waals surface area contributed by atoms with Crippen LogP contribution in [0, 0.1) is 0 Å². The van der Waals surface area contributed by atoms with Gasteiger partial charge in [-0.1, -0.05) is 11.2 Å². The SMILES string of the molecule is CN(C)C(=O)c1cccc(-c2nc(C3(N)CCC3)no2)c1. The van der Waals surface area contributed by atoms with Crippen molar-refractivity contribution in [1.29, 1.82) is 0 Å². The fourth-order valence-electron chi connectivity index (χ4n) is 2.37. The van der Waals surface area contributed by atoms with Gasteiger partial charge in [-0.25, -0.2) is 0 Å². The molecule has 3 rings (SSSR count). The second-order valence-electron chi connectivity index (χ2n) is 5.71. The van der Waals surface area contributed by atoms with Crippen LogP contribution in [0.1, 0.15) is 35.4 Å². The Hall–Kier alpha value is -2.21. The minimum atomic E-state index is -0.446. The van der Waals surface area contributed by atoms with Gasteiger partial charge in [0.25, 0.3) is 11.8 Å². The Morgan fingerprint density at radius 3 is 2.76 bits per heavy atom. The number of carbonyl (C=O) groups is 1. The minimum Gasteiger partial charge on any atom is -0.345 e. The largest absolute Gasteiger partial charge is 0.345 e. The van der Waals surface area contributed by atoms with Gasteiger partial charge in [-0.3, -0.25) is 4.79 Å². The van der Waals surface area contributed by atoms with Gasteiger partial charge in [0.15, 0.2) is 5.82 Å². The maximum atomic E-state index is 12.0. The van der Waals surface area contributed by atoms with Gasteiger partial charge in [0, 0.05) is 25.2 Å². The summed E-state index contributed by atoms with van der Waals surface area (Å²) < 4.78 is 5.30. The van der Waals surface area contributed by atoms with E-state index < -0.39 is 5.54 Å². The number of hydrogen-bond donors (Lipinski definition) is 1. The number of aromatic nitrogens is 2. The molecule has 0 unspecified atom stereocenters. The van der Waals surface area contributed by atoms with Gasteiger partial charge < -0.3 is 15.2 Å². The maximum absolute atomic E-state index is 12.0. The molecule has 0 atom stereocenters. The van der Waals surface area contributed by atoms with Crippen LogP contribution in [0.2, 0.25) is 0 Å². The quantitative estimate of drug-likeness (QED) is 0.929. The van der Waals surface area contributed by atoms with E-state index in [1.807, 2.05) is 6.07 Å². The normalized spacial score (nSPS) is 16.3. The molecule has 21 heavy (non-hydrogen) atoms. The molecule has 6 nitrogen and oxygen atoms in total. The van der Waals surface area contributed by atoms with Crippen LogP contribution < -0.4 is 5.73 Å². The third-order valence-electron chi connectivity index (χ3n) is 3.88. The van der Waals surface area contributed by atoms with E-state index in [1.165, 1.54) is 4.90 Å². The van der Waals surface area contributed by atoms with Crippen molar-refractivity contribution in [3.8, 4) is 11.5 Å². The van der Waals surface area contributed by atoms with Crippen LogP contribution in [0.4, 0.5) is 0 Å². The predicted molar refractivity (Wildman–Crippen MR) is 77.5 cm³/mol. The highest BCUT2D eigenvalue weighted by atomic mass is 16.5. The molecule has 110 valence electrons. The van der Waals surface area contributed by atoms with E-state index in [2.05, 4.69) is 10.1 Å². The van der Waals surface area contributed by atoms with E-state index in [0.717, 1.165) is 24.8 Å². The molecule has 1 heterocycles. The smallest absolute Gasteiger partial charge is 0.258 e. The van der Waals surface area contributed by atoms with Gasteiger partial charge in [-0.2, -0.15) is 4.98 Å². The molecule has 1 aliphatic rings. The van der Waals surface area contributed by atoms with Crippen LogP contribution in [0.3, 0.4) is 0 Å². The van der Waals surface area contributed by atoms with Gasteiger partial charge in [0.2, 0.25) is 0 Å². The van der Waals surface area contributed by atoms with Crippen LogP contribution >= 0.6 is 0 Å². The van der Waals surface area contributed by atoms with Gasteiger partial charge in [0.05, 0.1) is 5.54 Å². The van der Waals surface area contributed by atoms with Crippen molar-refractivity contribution >= 4 is 5.91 Å². The standard InChI is InChI=1S/C15H18N4O2/c1-19(2)13(20)11-6-3-5-10(9-11)12-17-14(18-21-12)15(16)7-4-8-15/h3,5-6,9H,4,7-8,16H2,1-2H3. The summed E-state index contributed by atoms with van der Waals surface area (Å²) in [6, 6.07) is 7.16. The number of hydrogen-bond acceptors (Lipinski definition) is 5. The summed E-state index contributed by atoms with van der Waals surface area (Å²) in [5, 5.41) is 3.99. The van der Waals surface area contributed by atoms with E-state index in [0.29, 0.717) is 17.3 Å². The van der Waals surface area contributed by atoms with E-state index >= 15 is 0 Å². The number of nitrogens with two attached hydrogens (primary N) is 1. The molecule has 0 bridgehead atoms. The maximum Gasteiger partial charge on any atom is 0.258 e. The molecule has 0 spiro atoms. The topological polar surface area (TPSA) is 85.2 Å². The van der Waals surface area contributed by atoms with Crippen molar-refractivity contribution in [3.05, 3.63) is 35.7 Å². The third-order valence-corrected chi connectivity index (χ3v) is 3.88. The monoisotopic (exact) mass is 286 g/mol. The summed E-state index contributed by atoms with van der Waals surface area (Å²) >= 11 is 0. The fourth-order valence-corrected chi connectivity index (χ4v) is 2.37. The molecule has 1 aromatic carbocycles. The predicted octanol–water partition coefficient (Wildman–Crippen LogP) is 1.78. The average Bonchev–Trinajstić information content (AvgIpc) is 2.94. The molecule has 0 aliphatic heterocycles. The van der Waals surface area contributed by atoms with Crippen molar-refractivity contribution in [1.82, 2.24) is 15.0 Å². The first-order valence-corrected chi connectivity index (χ1v) is 6.95. The first-order valence-electron chi connectivity index (χ1n) is 6.95. The molecule has 1 aromatic heterocycles. The van der Waals surface area contributed by atoms with Gasteiger partial charge >= 0.3 is 0 Å². The number of rotatable bonds is 3. The van der Waals surface area contributed by atoms with Crippen LogP contribution in [0.25, 0.3) is 11.5 Å². The Morgan fingerprint density at radius 2 is 2.14 bits per heavy atom. The molecule has 0 radical (unpaired) electrons. The fraction of sp³-hybridized carbons (Fsp3) is 0.400. The Kier molecular flexibility index (Phi) is 3.25. The molecule has 2 aromatic rings. The van der Waals surface area contributed by atoms with E-state index in [9.17, 15) is 4.79 Å². The zero-order valence-corrected chi connectivity index (χ0v) is 12.2. The summed E-state index contributed by atoms with van der Waals surface area (Å²) in [5.74, 6) is 0.883. The van der Waals surface area contributed by atoms with Crippen molar-refractivity contribution < 1.29 is 9.32 Å². The highest BCUT2D eigenvalue weighted by molar-refractivity contribution is 5.94. The van der Waals surface area contributed by atoms with Crippen molar-refractivity contribution in [2.45, 2.75) is 24.8 Å². The first-order chi connectivity index (χ1) is 9.99. The van der Waals surface area contributed by atoms with Crippen LogP contribution in [-0.4, -0.2) is 35.0 Å². The second kappa shape index (κ2) is 4.96. The zero-order valence-electron chi connectivity index (χ0n) is 12.2. The lowest BCUT2D eigenvalue weighted by Gasteiger charge is -2.34. The molecular weight excluding hydrogens is 268 g/mol. The molecule has 1 aliphatic carbocycles. The van der Waals surface area contributed by atoms with Crippen LogP contribution in [0.5, 0.6) is 0 Å². The molecule has 2 N–H and O–H groups in total. The highest BCUT2D eigenvalue weighted by Gasteiger charge is 2.39. The Balaban J connectivity index is 1.90. The minimum absolute atomic E-state index is 0.0640. The van der Waals surface area contributed by atoms with Crippen LogP contribution in [-0.2, 0) is 5.54 Å². The average molecular weight is 286 g/mol. The summed E-state index contributed by atoms with van der Waals surface area (Å²) in [7, 11) is 3.43. The Labute approximate surface area is 122 Å². The van der Waals surface area contributed by atoms with E-state index in [-0.39, 0.29) is 5.91 Å². The van der Waals surface area contributed by atoms with Crippen molar-refractivity contribution in [2.24, 2.45) is 5.73 Å². The van der Waals surface area contributed by atoms with Crippen molar-refractivity contribution in [2.75, 3.05) is 14.1 Å². The summed E-state index contributed by atoms with van der Waals surface area (Å²) in [5.41, 5.74) is 7.05. The lowest BCUT2D eigenvalue weighted by Crippen LogP contribution is -2.44. The zero-order chi connectivity index (χ0) is 15.0. The van der Waals surface area contributed by atoms with Crippen LogP contribution in [0.15, 0.2) is 28.8 Å². The lowest BCUT2D eigenvalue weighted by molar-refractivity contribution is 0.0827. The highest BCUT2D eigenvalue weighted by Crippen LogP contribution is 2.37. The molecule has 1 amide bonds. The Bertz CT molecular complexity index is 674. The van der Waals surface area contributed by atoms with E-state index in [1.54, 1.807) is 32.3 Å². The second-order valence-corrected chi connectivity index (χ2v) is 5.71. The number of amides is 1. The molecule has 0 saturated heterocycles. The summed E-state index contributed by atoms with van der Waals surface area (Å²) in [4.78, 5) is 17.9. The molecular formula is C15H18N4O2.